The normalized spacial score (nSPS) is 21.8. The molecule has 2 saturated carbocycles. The van der Waals surface area contributed by atoms with E-state index in [1.54, 1.807) is 18.3 Å². The first-order valence-electron chi connectivity index (χ1n) is 13.1. The zero-order chi connectivity index (χ0) is 27.7. The molecular formula is C27H31F2N5O2S3. The molecule has 2 aliphatic rings. The number of hydrogen-bond donors (Lipinski definition) is 4. The first-order valence-corrected chi connectivity index (χ1v) is 14.4. The van der Waals surface area contributed by atoms with Crippen LogP contribution in [0, 0.1) is 11.7 Å². The molecule has 0 radical (unpaired) electrons. The average Bonchev–Trinajstić information content (AvgIpc) is 3.74. The highest BCUT2D eigenvalue weighted by Gasteiger charge is 2.41. The van der Waals surface area contributed by atoms with E-state index in [1.807, 2.05) is 0 Å². The minimum absolute atomic E-state index is 0.0627. The molecule has 0 unspecified atom stereocenters. The molecule has 3 atom stereocenters. The van der Waals surface area contributed by atoms with Crippen LogP contribution in [0.4, 0.5) is 14.6 Å². The lowest BCUT2D eigenvalue weighted by Gasteiger charge is -2.35. The molecule has 0 aliphatic heterocycles. The van der Waals surface area contributed by atoms with Crippen LogP contribution in [0.5, 0.6) is 11.6 Å². The van der Waals surface area contributed by atoms with Crippen LogP contribution in [0.1, 0.15) is 51.9 Å². The third-order valence-corrected chi connectivity index (χ3v) is 7.67. The molecule has 0 spiro atoms. The summed E-state index contributed by atoms with van der Waals surface area (Å²) < 4.78 is 33.8. The number of ether oxygens (including phenoxy) is 1. The summed E-state index contributed by atoms with van der Waals surface area (Å²) in [6, 6.07) is 6.02. The second-order valence-corrected chi connectivity index (χ2v) is 13.2. The van der Waals surface area contributed by atoms with Crippen molar-refractivity contribution in [3.05, 3.63) is 42.5 Å². The molecule has 39 heavy (non-hydrogen) atoms. The summed E-state index contributed by atoms with van der Waals surface area (Å²) in [4.78, 5) is 10.4. The van der Waals surface area contributed by atoms with Gasteiger partial charge in [0.1, 0.15) is 17.7 Å². The number of anilines is 1. The van der Waals surface area contributed by atoms with Gasteiger partial charge in [-0.25, -0.2) is 18.7 Å². The summed E-state index contributed by atoms with van der Waals surface area (Å²) in [6.07, 6.45) is 8.07. The van der Waals surface area contributed by atoms with Gasteiger partial charge in [-0.15, -0.1) is 48.1 Å². The fraction of sp³-hybridized carbons (Fsp3) is 0.481. The number of benzene rings is 1. The number of aromatic nitrogens is 4. The van der Waals surface area contributed by atoms with Crippen molar-refractivity contribution in [1.82, 2.24) is 20.2 Å². The second-order valence-electron chi connectivity index (χ2n) is 10.2. The lowest BCUT2D eigenvalue weighted by atomic mass is 9.94. The topological polar surface area (TPSA) is 84.3 Å². The number of pyridine rings is 1. The van der Waals surface area contributed by atoms with Crippen molar-refractivity contribution in [2.24, 2.45) is 5.92 Å². The number of rotatable bonds is 8. The Morgan fingerprint density at radius 1 is 1.05 bits per heavy atom. The number of phenols is 1. The maximum atomic E-state index is 15.3. The van der Waals surface area contributed by atoms with E-state index < -0.39 is 15.6 Å². The highest BCUT2D eigenvalue weighted by molar-refractivity contribution is 8.16. The third kappa shape index (κ3) is 6.71. The van der Waals surface area contributed by atoms with Gasteiger partial charge in [-0.05, 0) is 49.3 Å². The van der Waals surface area contributed by atoms with Crippen LogP contribution in [-0.4, -0.2) is 47.1 Å². The van der Waals surface area contributed by atoms with Gasteiger partial charge in [-0.1, -0.05) is 32.3 Å². The van der Waals surface area contributed by atoms with E-state index in [0.29, 0.717) is 29.3 Å². The summed E-state index contributed by atoms with van der Waals surface area (Å²) in [5.41, 5.74) is 0.886. The molecule has 0 saturated heterocycles. The minimum Gasteiger partial charge on any atom is -0.507 e. The average molecular weight is 592 g/mol. The smallest absolute Gasteiger partial charge is 0.242 e. The van der Waals surface area contributed by atoms with Crippen LogP contribution in [0.25, 0.3) is 22.5 Å². The highest BCUT2D eigenvalue weighted by atomic mass is 32.2. The largest absolute Gasteiger partial charge is 0.507 e. The predicted molar refractivity (Wildman–Crippen MR) is 157 cm³/mol. The molecule has 3 aromatic rings. The Balaban J connectivity index is 1.39. The molecule has 2 aliphatic carbocycles. The fourth-order valence-corrected chi connectivity index (χ4v) is 5.56. The van der Waals surface area contributed by atoms with Crippen molar-refractivity contribution in [2.45, 2.75) is 73.7 Å². The molecule has 1 aromatic carbocycles. The molecule has 5 rings (SSSR count). The molecule has 0 amide bonds. The Kier molecular flexibility index (Phi) is 8.44. The van der Waals surface area contributed by atoms with Gasteiger partial charge in [-0.3, -0.25) is 0 Å². The SMILES string of the molecule is CC[C@@H]1CCC[C@H](F)[C@H](N(c2cnc(-c3ccc(-c4cc(OC(S)(S)S)ncc4F)cc3O)nn2)C2CC2)C1. The summed E-state index contributed by atoms with van der Waals surface area (Å²) >= 11 is 12.2. The summed E-state index contributed by atoms with van der Waals surface area (Å²) in [5.74, 6) is 0.582. The van der Waals surface area contributed by atoms with E-state index in [1.165, 1.54) is 12.1 Å². The third-order valence-electron chi connectivity index (χ3n) is 7.39. The van der Waals surface area contributed by atoms with Gasteiger partial charge in [0.2, 0.25) is 9.48 Å². The van der Waals surface area contributed by atoms with Crippen LogP contribution >= 0.6 is 37.9 Å². The maximum absolute atomic E-state index is 15.3. The number of nitrogens with zero attached hydrogens (tertiary/aromatic N) is 5. The van der Waals surface area contributed by atoms with Crippen LogP contribution in [0.2, 0.25) is 0 Å². The van der Waals surface area contributed by atoms with E-state index >= 15 is 4.39 Å². The van der Waals surface area contributed by atoms with Crippen LogP contribution in [-0.2, 0) is 0 Å². The molecule has 2 heterocycles. The zero-order valence-corrected chi connectivity index (χ0v) is 24.1. The van der Waals surface area contributed by atoms with Gasteiger partial charge in [-0.2, -0.15) is 0 Å². The quantitative estimate of drug-likeness (QED) is 0.135. The Morgan fingerprint density at radius 2 is 1.85 bits per heavy atom. The van der Waals surface area contributed by atoms with Crippen molar-refractivity contribution in [1.29, 1.82) is 0 Å². The number of phenolic OH excluding ortho intramolecular Hbond substituents is 1. The monoisotopic (exact) mass is 591 g/mol. The van der Waals surface area contributed by atoms with Crippen molar-refractivity contribution < 1.29 is 18.6 Å². The van der Waals surface area contributed by atoms with Crippen molar-refractivity contribution in [2.75, 3.05) is 4.90 Å². The van der Waals surface area contributed by atoms with Crippen molar-refractivity contribution in [3.63, 3.8) is 0 Å². The van der Waals surface area contributed by atoms with E-state index in [4.69, 9.17) is 4.74 Å². The number of thiol groups is 3. The lowest BCUT2D eigenvalue weighted by Crippen LogP contribution is -2.44. The van der Waals surface area contributed by atoms with E-state index in [-0.39, 0.29) is 35.1 Å². The summed E-state index contributed by atoms with van der Waals surface area (Å²) in [7, 11) is 0. The number of hydrogen-bond acceptors (Lipinski definition) is 10. The van der Waals surface area contributed by atoms with E-state index in [2.05, 4.69) is 69.9 Å². The predicted octanol–water partition coefficient (Wildman–Crippen LogP) is 6.50. The Morgan fingerprint density at radius 3 is 2.49 bits per heavy atom. The number of halogens is 2. The van der Waals surface area contributed by atoms with E-state index in [9.17, 15) is 9.50 Å². The minimum atomic E-state index is -1.40. The van der Waals surface area contributed by atoms with Gasteiger partial charge in [0.15, 0.2) is 11.6 Å². The number of aromatic hydroxyl groups is 1. The van der Waals surface area contributed by atoms with Crippen LogP contribution in [0.3, 0.4) is 0 Å². The fourth-order valence-electron chi connectivity index (χ4n) is 5.28. The molecule has 12 heteroatoms. The highest BCUT2D eigenvalue weighted by Crippen LogP contribution is 2.40. The van der Waals surface area contributed by atoms with Gasteiger partial charge in [0, 0.05) is 17.7 Å². The molecule has 7 nitrogen and oxygen atoms in total. The van der Waals surface area contributed by atoms with Gasteiger partial charge in [0.05, 0.1) is 24.0 Å². The van der Waals surface area contributed by atoms with Crippen molar-refractivity contribution >= 4 is 43.7 Å². The van der Waals surface area contributed by atoms with Gasteiger partial charge >= 0.3 is 0 Å². The molecule has 1 N–H and O–H groups in total. The van der Waals surface area contributed by atoms with Crippen LogP contribution < -0.4 is 9.64 Å². The molecule has 208 valence electrons. The standard InChI is InChI=1S/C27H31F2N5O2S3/c1-2-15-4-3-5-20(28)22(10-15)34(17-7-8-17)24-14-31-26(33-32-24)18-9-6-16(11-23(18)35)19-12-25(30-13-21(19)29)36-27(37,38)39/h6,9,11-15,17,20,22,35,37-39H,2-5,7-8,10H2,1H3/t15-,20+,22-/m1/s1. The zero-order valence-electron chi connectivity index (χ0n) is 21.4. The second kappa shape index (κ2) is 11.7. The van der Waals surface area contributed by atoms with Crippen molar-refractivity contribution in [3.8, 4) is 34.1 Å². The molecule has 0 bridgehead atoms. The molecule has 2 aromatic heterocycles. The first-order chi connectivity index (χ1) is 18.6. The first kappa shape index (κ1) is 28.2. The molecular weight excluding hydrogens is 561 g/mol. The Hall–Kier alpha value is -2.31. The molecule has 2 fully saturated rings. The maximum Gasteiger partial charge on any atom is 0.242 e. The lowest BCUT2D eigenvalue weighted by molar-refractivity contribution is 0.247. The Labute approximate surface area is 243 Å². The van der Waals surface area contributed by atoms with Gasteiger partial charge < -0.3 is 14.7 Å². The van der Waals surface area contributed by atoms with E-state index in [0.717, 1.165) is 44.7 Å². The Bertz CT molecular complexity index is 1310. The summed E-state index contributed by atoms with van der Waals surface area (Å²) in [5, 5.41) is 19.5. The number of alkyl halides is 1. The summed E-state index contributed by atoms with van der Waals surface area (Å²) in [6.45, 7) is 2.17. The van der Waals surface area contributed by atoms with Gasteiger partial charge in [0.25, 0.3) is 0 Å². The van der Waals surface area contributed by atoms with Crippen LogP contribution in [0.15, 0.2) is 36.7 Å².